The molecule has 1 aromatic heterocycles. The Labute approximate surface area is 135 Å². The largest absolute Gasteiger partial charge is 0.325 e. The number of fused-ring (bicyclic) bond motifs is 1. The zero-order valence-corrected chi connectivity index (χ0v) is 13.0. The second-order valence-electron chi connectivity index (χ2n) is 6.51. The molecule has 0 spiro atoms. The van der Waals surface area contributed by atoms with Crippen molar-refractivity contribution in [2.45, 2.75) is 44.2 Å². The fraction of sp³-hybridized carbons (Fsp3) is 0.471. The maximum Gasteiger partial charge on any atom is 0.241 e. The molecule has 120 valence electrons. The van der Waals surface area contributed by atoms with Crippen LogP contribution in [0.2, 0.25) is 0 Å². The van der Waals surface area contributed by atoms with Crippen molar-refractivity contribution in [2.24, 2.45) is 5.92 Å². The van der Waals surface area contributed by atoms with E-state index in [1.54, 1.807) is 0 Å². The molecule has 3 N–H and O–H groups in total. The van der Waals surface area contributed by atoms with Crippen LogP contribution in [-0.4, -0.2) is 33.2 Å². The van der Waals surface area contributed by atoms with E-state index >= 15 is 0 Å². The van der Waals surface area contributed by atoms with Crippen LogP contribution in [0.1, 0.15) is 32.1 Å². The number of benzene rings is 1. The number of hydrogen-bond donors (Lipinski definition) is 3. The second kappa shape index (κ2) is 6.12. The molecule has 23 heavy (non-hydrogen) atoms. The predicted octanol–water partition coefficient (Wildman–Crippen LogP) is 2.33. The molecule has 2 heterocycles. The van der Waals surface area contributed by atoms with Crippen LogP contribution in [0.5, 0.6) is 0 Å². The molecule has 3 unspecified atom stereocenters. The molecule has 1 saturated heterocycles. The van der Waals surface area contributed by atoms with E-state index in [2.05, 4.69) is 25.8 Å². The van der Waals surface area contributed by atoms with Gasteiger partial charge in [-0.3, -0.25) is 9.89 Å². The highest BCUT2D eigenvalue weighted by Crippen LogP contribution is 2.33. The van der Waals surface area contributed by atoms with Gasteiger partial charge in [-0.05, 0) is 49.4 Å². The standard InChI is InChI=1S/C17H21N5O/c23-17(15-9-12-3-1-2-4-14(12)21-15)20-13-7-5-11(6-8-13)16-18-10-19-22-16/h5-8,10,12,14-15,21H,1-4,9H2,(H,20,23)(H,18,19,22). The Kier molecular flexibility index (Phi) is 3.83. The molecule has 6 heteroatoms. The quantitative estimate of drug-likeness (QED) is 0.812. The number of carbonyl (C=O) groups excluding carboxylic acids is 1. The monoisotopic (exact) mass is 311 g/mol. The Morgan fingerprint density at radius 3 is 2.74 bits per heavy atom. The Bertz CT molecular complexity index is 653. The first kappa shape index (κ1) is 14.4. The third kappa shape index (κ3) is 2.99. The van der Waals surface area contributed by atoms with Gasteiger partial charge < -0.3 is 10.6 Å². The lowest BCUT2D eigenvalue weighted by atomic mass is 9.85. The van der Waals surface area contributed by atoms with E-state index in [-0.39, 0.29) is 11.9 Å². The van der Waals surface area contributed by atoms with Gasteiger partial charge in [-0.1, -0.05) is 12.8 Å². The molecule has 3 atom stereocenters. The van der Waals surface area contributed by atoms with Crippen molar-refractivity contribution >= 4 is 11.6 Å². The van der Waals surface area contributed by atoms with Crippen molar-refractivity contribution in [3.8, 4) is 11.4 Å². The number of rotatable bonds is 3. The van der Waals surface area contributed by atoms with Crippen molar-refractivity contribution in [3.63, 3.8) is 0 Å². The predicted molar refractivity (Wildman–Crippen MR) is 87.7 cm³/mol. The van der Waals surface area contributed by atoms with Gasteiger partial charge in [-0.2, -0.15) is 5.10 Å². The number of anilines is 1. The Morgan fingerprint density at radius 1 is 1.17 bits per heavy atom. The molecule has 4 rings (SSSR count). The van der Waals surface area contributed by atoms with Gasteiger partial charge in [-0.25, -0.2) is 4.98 Å². The first-order valence-corrected chi connectivity index (χ1v) is 8.32. The van der Waals surface area contributed by atoms with Crippen molar-refractivity contribution in [1.82, 2.24) is 20.5 Å². The summed E-state index contributed by atoms with van der Waals surface area (Å²) in [5, 5.41) is 13.2. The van der Waals surface area contributed by atoms with Crippen molar-refractivity contribution in [1.29, 1.82) is 0 Å². The molecule has 0 bridgehead atoms. The number of amides is 1. The van der Waals surface area contributed by atoms with Crippen LogP contribution in [-0.2, 0) is 4.79 Å². The maximum atomic E-state index is 12.5. The van der Waals surface area contributed by atoms with Gasteiger partial charge in [0.1, 0.15) is 6.33 Å². The molecule has 0 radical (unpaired) electrons. The average molecular weight is 311 g/mol. The molecule has 1 saturated carbocycles. The highest BCUT2D eigenvalue weighted by molar-refractivity contribution is 5.95. The Hall–Kier alpha value is -2.21. The first-order chi connectivity index (χ1) is 11.3. The van der Waals surface area contributed by atoms with Crippen molar-refractivity contribution in [2.75, 3.05) is 5.32 Å². The summed E-state index contributed by atoms with van der Waals surface area (Å²) in [5.41, 5.74) is 1.76. The maximum absolute atomic E-state index is 12.5. The number of nitrogens with one attached hydrogen (secondary N) is 3. The number of carbonyl (C=O) groups is 1. The van der Waals surface area contributed by atoms with Crippen LogP contribution >= 0.6 is 0 Å². The topological polar surface area (TPSA) is 82.7 Å². The van der Waals surface area contributed by atoms with Crippen LogP contribution in [0.4, 0.5) is 5.69 Å². The summed E-state index contributed by atoms with van der Waals surface area (Å²) in [6, 6.07) is 8.14. The number of nitrogens with zero attached hydrogens (tertiary/aromatic N) is 2. The summed E-state index contributed by atoms with van der Waals surface area (Å²) in [5.74, 6) is 1.48. The second-order valence-corrected chi connectivity index (χ2v) is 6.51. The molecule has 1 amide bonds. The van der Waals surface area contributed by atoms with Crippen LogP contribution in [0.3, 0.4) is 0 Å². The van der Waals surface area contributed by atoms with E-state index < -0.39 is 0 Å². The summed E-state index contributed by atoms with van der Waals surface area (Å²) < 4.78 is 0. The smallest absolute Gasteiger partial charge is 0.241 e. The van der Waals surface area contributed by atoms with E-state index in [9.17, 15) is 4.79 Å². The number of hydrogen-bond acceptors (Lipinski definition) is 4. The average Bonchev–Trinajstić information content (AvgIpc) is 3.25. The van der Waals surface area contributed by atoms with Gasteiger partial charge in [0.05, 0.1) is 6.04 Å². The van der Waals surface area contributed by atoms with E-state index in [1.807, 2.05) is 24.3 Å². The van der Waals surface area contributed by atoms with Crippen molar-refractivity contribution in [3.05, 3.63) is 30.6 Å². The summed E-state index contributed by atoms with van der Waals surface area (Å²) in [6.45, 7) is 0. The van der Waals surface area contributed by atoms with Crippen molar-refractivity contribution < 1.29 is 4.79 Å². The minimum Gasteiger partial charge on any atom is -0.325 e. The minimum absolute atomic E-state index is 0.0583. The van der Waals surface area contributed by atoms with Crippen LogP contribution < -0.4 is 10.6 Å². The van der Waals surface area contributed by atoms with E-state index in [1.165, 1.54) is 32.0 Å². The third-order valence-electron chi connectivity index (χ3n) is 5.02. The molecule has 1 aromatic carbocycles. The van der Waals surface area contributed by atoms with Crippen LogP contribution in [0.25, 0.3) is 11.4 Å². The van der Waals surface area contributed by atoms with Gasteiger partial charge in [0.2, 0.25) is 5.91 Å². The lowest BCUT2D eigenvalue weighted by molar-refractivity contribution is -0.117. The molecular weight excluding hydrogens is 290 g/mol. The minimum atomic E-state index is -0.0583. The van der Waals surface area contributed by atoms with Crippen LogP contribution in [0.15, 0.2) is 30.6 Å². The molecule has 2 aromatic rings. The fourth-order valence-corrected chi connectivity index (χ4v) is 3.81. The summed E-state index contributed by atoms with van der Waals surface area (Å²) in [6.07, 6.45) is 7.50. The normalized spacial score (nSPS) is 26.7. The highest BCUT2D eigenvalue weighted by atomic mass is 16.2. The fourth-order valence-electron chi connectivity index (χ4n) is 3.81. The number of aromatic amines is 1. The van der Waals surface area contributed by atoms with Crippen LogP contribution in [0, 0.1) is 5.92 Å². The molecule has 2 fully saturated rings. The zero-order chi connectivity index (χ0) is 15.6. The lowest BCUT2D eigenvalue weighted by Crippen LogP contribution is -2.39. The lowest BCUT2D eigenvalue weighted by Gasteiger charge is -2.24. The Balaban J connectivity index is 1.39. The zero-order valence-electron chi connectivity index (χ0n) is 13.0. The van der Waals surface area contributed by atoms with Gasteiger partial charge in [0.25, 0.3) is 0 Å². The molecule has 1 aliphatic carbocycles. The van der Waals surface area contributed by atoms with Gasteiger partial charge in [-0.15, -0.1) is 0 Å². The molecule has 1 aliphatic heterocycles. The van der Waals surface area contributed by atoms with Gasteiger partial charge in [0.15, 0.2) is 5.82 Å². The van der Waals surface area contributed by atoms with E-state index in [4.69, 9.17) is 0 Å². The first-order valence-electron chi connectivity index (χ1n) is 8.32. The summed E-state index contributed by atoms with van der Waals surface area (Å²) in [4.78, 5) is 16.6. The van der Waals surface area contributed by atoms with E-state index in [0.29, 0.717) is 12.0 Å². The molecule has 6 nitrogen and oxygen atoms in total. The van der Waals surface area contributed by atoms with Gasteiger partial charge in [0, 0.05) is 17.3 Å². The summed E-state index contributed by atoms with van der Waals surface area (Å²) in [7, 11) is 0. The Morgan fingerprint density at radius 2 is 2.00 bits per heavy atom. The molecular formula is C17H21N5O. The summed E-state index contributed by atoms with van der Waals surface area (Å²) >= 11 is 0. The molecule has 2 aliphatic rings. The van der Waals surface area contributed by atoms with Gasteiger partial charge >= 0.3 is 0 Å². The third-order valence-corrected chi connectivity index (χ3v) is 5.02. The highest BCUT2D eigenvalue weighted by Gasteiger charge is 2.38. The SMILES string of the molecule is O=C(Nc1ccc(-c2ncn[nH]2)cc1)C1CC2CCCCC2N1. The number of aromatic nitrogens is 3. The number of H-pyrrole nitrogens is 1. The van der Waals surface area contributed by atoms with E-state index in [0.717, 1.165) is 23.5 Å².